The van der Waals surface area contributed by atoms with E-state index in [2.05, 4.69) is 6.07 Å². The van der Waals surface area contributed by atoms with Crippen LogP contribution >= 0.6 is 0 Å². The van der Waals surface area contributed by atoms with Crippen LogP contribution in [0.4, 0.5) is 0 Å². The van der Waals surface area contributed by atoms with Gasteiger partial charge in [0.15, 0.2) is 0 Å². The third kappa shape index (κ3) is 1.40. The number of hydrogen-bond acceptors (Lipinski definition) is 2. The van der Waals surface area contributed by atoms with E-state index in [0.717, 1.165) is 18.5 Å². The molecule has 0 aliphatic carbocycles. The first-order valence-electron chi connectivity index (χ1n) is 4.77. The van der Waals surface area contributed by atoms with E-state index in [-0.39, 0.29) is 11.9 Å². The van der Waals surface area contributed by atoms with Crippen LogP contribution in [0.15, 0.2) is 24.3 Å². The first-order chi connectivity index (χ1) is 6.70. The maximum atomic E-state index is 11.3. The minimum Gasteiger partial charge on any atom is -0.368 e. The molecule has 0 aromatic heterocycles. The van der Waals surface area contributed by atoms with Crippen molar-refractivity contribution >= 4 is 5.91 Å². The SMILES string of the molecule is CN1CCc2ccccc2C1C(N)=O. The Balaban J connectivity index is 2.46. The molecule has 0 spiro atoms. The van der Waals surface area contributed by atoms with Crippen molar-refractivity contribution in [3.05, 3.63) is 35.4 Å². The van der Waals surface area contributed by atoms with Crippen LogP contribution in [-0.4, -0.2) is 24.4 Å². The summed E-state index contributed by atoms with van der Waals surface area (Å²) in [7, 11) is 1.94. The van der Waals surface area contributed by atoms with Crippen molar-refractivity contribution in [2.24, 2.45) is 5.73 Å². The summed E-state index contributed by atoms with van der Waals surface area (Å²) < 4.78 is 0. The molecule has 1 atom stereocenters. The summed E-state index contributed by atoms with van der Waals surface area (Å²) in [5.41, 5.74) is 7.70. The molecule has 1 aromatic rings. The van der Waals surface area contributed by atoms with Crippen molar-refractivity contribution in [2.45, 2.75) is 12.5 Å². The van der Waals surface area contributed by atoms with E-state index in [1.807, 2.05) is 30.1 Å². The fourth-order valence-electron chi connectivity index (χ4n) is 2.06. The molecule has 1 aliphatic heterocycles. The van der Waals surface area contributed by atoms with Gasteiger partial charge in [0.05, 0.1) is 0 Å². The quantitative estimate of drug-likeness (QED) is 0.708. The van der Waals surface area contributed by atoms with E-state index < -0.39 is 0 Å². The molecule has 0 radical (unpaired) electrons. The molecule has 2 N–H and O–H groups in total. The predicted octanol–water partition coefficient (Wildman–Crippen LogP) is 0.701. The van der Waals surface area contributed by atoms with Crippen LogP contribution in [0.5, 0.6) is 0 Å². The van der Waals surface area contributed by atoms with Crippen molar-refractivity contribution in [3.8, 4) is 0 Å². The van der Waals surface area contributed by atoms with Gasteiger partial charge in [-0.2, -0.15) is 0 Å². The van der Waals surface area contributed by atoms with Crippen LogP contribution in [0, 0.1) is 0 Å². The average Bonchev–Trinajstić information content (AvgIpc) is 2.17. The number of fused-ring (bicyclic) bond motifs is 1. The van der Waals surface area contributed by atoms with Gasteiger partial charge in [0.2, 0.25) is 5.91 Å². The number of primary amides is 1. The average molecular weight is 190 g/mol. The Morgan fingerprint density at radius 1 is 1.50 bits per heavy atom. The third-order valence-electron chi connectivity index (χ3n) is 2.79. The topological polar surface area (TPSA) is 46.3 Å². The van der Waals surface area contributed by atoms with Crippen LogP contribution in [0.2, 0.25) is 0 Å². The summed E-state index contributed by atoms with van der Waals surface area (Å²) in [6.45, 7) is 0.893. The smallest absolute Gasteiger partial charge is 0.239 e. The number of rotatable bonds is 1. The van der Waals surface area contributed by atoms with Crippen molar-refractivity contribution in [1.29, 1.82) is 0 Å². The molecule has 0 fully saturated rings. The highest BCUT2D eigenvalue weighted by molar-refractivity contribution is 5.82. The van der Waals surface area contributed by atoms with Gasteiger partial charge in [0.25, 0.3) is 0 Å². The lowest BCUT2D eigenvalue weighted by molar-refractivity contribution is -0.123. The Bertz CT molecular complexity index is 362. The molecule has 74 valence electrons. The zero-order valence-electron chi connectivity index (χ0n) is 8.23. The second-order valence-electron chi connectivity index (χ2n) is 3.73. The summed E-state index contributed by atoms with van der Waals surface area (Å²) in [4.78, 5) is 13.3. The molecule has 1 unspecified atom stereocenters. The Kier molecular flexibility index (Phi) is 2.25. The summed E-state index contributed by atoms with van der Waals surface area (Å²) in [5.74, 6) is -0.264. The minimum absolute atomic E-state index is 0.250. The lowest BCUT2D eigenvalue weighted by atomic mass is 9.93. The number of benzene rings is 1. The molecule has 3 nitrogen and oxygen atoms in total. The van der Waals surface area contributed by atoms with Gasteiger partial charge < -0.3 is 5.73 Å². The van der Waals surface area contributed by atoms with Gasteiger partial charge in [-0.15, -0.1) is 0 Å². The Morgan fingerprint density at radius 3 is 2.93 bits per heavy atom. The minimum atomic E-state index is -0.264. The number of carbonyl (C=O) groups excluding carboxylic acids is 1. The highest BCUT2D eigenvalue weighted by atomic mass is 16.1. The number of nitrogens with zero attached hydrogens (tertiary/aromatic N) is 1. The fraction of sp³-hybridized carbons (Fsp3) is 0.364. The van der Waals surface area contributed by atoms with Gasteiger partial charge in [0.1, 0.15) is 6.04 Å². The first kappa shape index (κ1) is 9.21. The number of nitrogens with two attached hydrogens (primary N) is 1. The van der Waals surface area contributed by atoms with Gasteiger partial charge in [-0.1, -0.05) is 24.3 Å². The van der Waals surface area contributed by atoms with Gasteiger partial charge in [-0.25, -0.2) is 0 Å². The molecule has 1 aromatic carbocycles. The summed E-state index contributed by atoms with van der Waals surface area (Å²) >= 11 is 0. The van der Waals surface area contributed by atoms with E-state index in [1.165, 1.54) is 5.56 Å². The lowest BCUT2D eigenvalue weighted by Gasteiger charge is -2.32. The molecule has 1 aliphatic rings. The second-order valence-corrected chi connectivity index (χ2v) is 3.73. The van der Waals surface area contributed by atoms with E-state index in [0.29, 0.717) is 0 Å². The molecule has 0 bridgehead atoms. The number of likely N-dealkylation sites (N-methyl/N-ethyl adjacent to an activating group) is 1. The van der Waals surface area contributed by atoms with Crippen LogP contribution in [-0.2, 0) is 11.2 Å². The second kappa shape index (κ2) is 3.42. The molecule has 1 heterocycles. The van der Waals surface area contributed by atoms with Gasteiger partial charge in [-0.05, 0) is 24.6 Å². The molecular formula is C11H14N2O. The summed E-state index contributed by atoms with van der Waals surface area (Å²) in [6.07, 6.45) is 0.996. The molecular weight excluding hydrogens is 176 g/mol. The number of amides is 1. The van der Waals surface area contributed by atoms with E-state index in [4.69, 9.17) is 5.73 Å². The largest absolute Gasteiger partial charge is 0.368 e. The van der Waals surface area contributed by atoms with Gasteiger partial charge >= 0.3 is 0 Å². The maximum Gasteiger partial charge on any atom is 0.239 e. The third-order valence-corrected chi connectivity index (χ3v) is 2.79. The Labute approximate surface area is 83.5 Å². The van der Waals surface area contributed by atoms with Crippen molar-refractivity contribution < 1.29 is 4.79 Å². The molecule has 3 heteroatoms. The maximum absolute atomic E-state index is 11.3. The van der Waals surface area contributed by atoms with Gasteiger partial charge in [-0.3, -0.25) is 9.69 Å². The van der Waals surface area contributed by atoms with E-state index >= 15 is 0 Å². The normalized spacial score (nSPS) is 21.6. The van der Waals surface area contributed by atoms with Crippen LogP contribution < -0.4 is 5.73 Å². The summed E-state index contributed by atoms with van der Waals surface area (Å²) in [5, 5.41) is 0. The molecule has 2 rings (SSSR count). The highest BCUT2D eigenvalue weighted by Gasteiger charge is 2.28. The lowest BCUT2D eigenvalue weighted by Crippen LogP contribution is -2.40. The molecule has 14 heavy (non-hydrogen) atoms. The highest BCUT2D eigenvalue weighted by Crippen LogP contribution is 2.27. The van der Waals surface area contributed by atoms with Crippen molar-refractivity contribution in [1.82, 2.24) is 4.90 Å². The monoisotopic (exact) mass is 190 g/mol. The van der Waals surface area contributed by atoms with Crippen LogP contribution in [0.3, 0.4) is 0 Å². The van der Waals surface area contributed by atoms with Crippen molar-refractivity contribution in [2.75, 3.05) is 13.6 Å². The van der Waals surface area contributed by atoms with Crippen LogP contribution in [0.25, 0.3) is 0 Å². The zero-order chi connectivity index (χ0) is 10.1. The van der Waals surface area contributed by atoms with E-state index in [9.17, 15) is 4.79 Å². The molecule has 0 saturated heterocycles. The molecule has 0 saturated carbocycles. The zero-order valence-corrected chi connectivity index (χ0v) is 8.23. The Morgan fingerprint density at radius 2 is 2.21 bits per heavy atom. The van der Waals surface area contributed by atoms with Crippen LogP contribution in [0.1, 0.15) is 17.2 Å². The van der Waals surface area contributed by atoms with Crippen molar-refractivity contribution in [3.63, 3.8) is 0 Å². The summed E-state index contributed by atoms with van der Waals surface area (Å²) in [6, 6.07) is 7.76. The number of hydrogen-bond donors (Lipinski definition) is 1. The van der Waals surface area contributed by atoms with E-state index in [1.54, 1.807) is 0 Å². The molecule has 1 amide bonds. The predicted molar refractivity (Wildman–Crippen MR) is 54.7 cm³/mol. The van der Waals surface area contributed by atoms with Gasteiger partial charge in [0, 0.05) is 6.54 Å². The standard InChI is InChI=1S/C11H14N2O/c1-13-7-6-8-4-2-3-5-9(8)10(13)11(12)14/h2-5,10H,6-7H2,1H3,(H2,12,14). The first-order valence-corrected chi connectivity index (χ1v) is 4.77. The number of carbonyl (C=O) groups is 1. The Hall–Kier alpha value is -1.35. The fourth-order valence-corrected chi connectivity index (χ4v) is 2.06.